The van der Waals surface area contributed by atoms with E-state index in [4.69, 9.17) is 18.9 Å². The summed E-state index contributed by atoms with van der Waals surface area (Å²) in [5.74, 6) is 0.616. The molecule has 0 radical (unpaired) electrons. The van der Waals surface area contributed by atoms with Crippen LogP contribution in [0.2, 0.25) is 0 Å². The number of nitrogens with zero attached hydrogens (tertiary/aromatic N) is 2. The molecule has 192 valence electrons. The molecule has 0 aromatic heterocycles. The number of methoxy groups -OCH3 is 2. The second-order valence-electron chi connectivity index (χ2n) is 8.14. The molecule has 4 aromatic rings. The number of rotatable bonds is 10. The van der Waals surface area contributed by atoms with E-state index in [1.54, 1.807) is 62.8 Å². The van der Waals surface area contributed by atoms with E-state index < -0.39 is 11.9 Å². The SMILES string of the molecule is COc1ccc(COC(=O)c2ccc(N=Nc3ccc(C(=O)OCc4ccc(OC)cc4)cc3)cc2)cc1. The maximum atomic E-state index is 12.3. The second kappa shape index (κ2) is 12.8. The van der Waals surface area contributed by atoms with Crippen molar-refractivity contribution in [2.45, 2.75) is 13.2 Å². The number of carbonyl (C=O) groups is 2. The van der Waals surface area contributed by atoms with Gasteiger partial charge in [0.15, 0.2) is 0 Å². The Labute approximate surface area is 220 Å². The van der Waals surface area contributed by atoms with Gasteiger partial charge in [-0.25, -0.2) is 9.59 Å². The molecule has 0 heterocycles. The Balaban J connectivity index is 1.26. The topological polar surface area (TPSA) is 95.8 Å². The highest BCUT2D eigenvalue weighted by Gasteiger charge is 2.09. The number of hydrogen-bond donors (Lipinski definition) is 0. The van der Waals surface area contributed by atoms with E-state index in [2.05, 4.69) is 10.2 Å². The number of hydrogen-bond acceptors (Lipinski definition) is 8. The number of ether oxygens (including phenoxy) is 4. The van der Waals surface area contributed by atoms with E-state index in [-0.39, 0.29) is 13.2 Å². The predicted molar refractivity (Wildman–Crippen MR) is 141 cm³/mol. The molecule has 0 N–H and O–H groups in total. The van der Waals surface area contributed by atoms with Crippen LogP contribution in [0.25, 0.3) is 0 Å². The molecule has 0 aliphatic carbocycles. The molecule has 0 atom stereocenters. The highest BCUT2D eigenvalue weighted by Crippen LogP contribution is 2.21. The van der Waals surface area contributed by atoms with E-state index >= 15 is 0 Å². The van der Waals surface area contributed by atoms with Crippen LogP contribution < -0.4 is 9.47 Å². The van der Waals surface area contributed by atoms with Crippen molar-refractivity contribution in [3.63, 3.8) is 0 Å². The van der Waals surface area contributed by atoms with Crippen LogP contribution in [-0.2, 0) is 22.7 Å². The van der Waals surface area contributed by atoms with Crippen LogP contribution in [0.5, 0.6) is 11.5 Å². The quantitative estimate of drug-likeness (QED) is 0.171. The van der Waals surface area contributed by atoms with Gasteiger partial charge in [0, 0.05) is 0 Å². The van der Waals surface area contributed by atoms with Gasteiger partial charge in [-0.05, 0) is 83.9 Å². The van der Waals surface area contributed by atoms with Crippen LogP contribution in [0.4, 0.5) is 11.4 Å². The third-order valence-electron chi connectivity index (χ3n) is 5.54. The van der Waals surface area contributed by atoms with Gasteiger partial charge >= 0.3 is 11.9 Å². The van der Waals surface area contributed by atoms with Gasteiger partial charge < -0.3 is 18.9 Å². The Hall–Kier alpha value is -4.98. The molecule has 0 saturated carbocycles. The second-order valence-corrected chi connectivity index (χ2v) is 8.14. The third-order valence-corrected chi connectivity index (χ3v) is 5.54. The first-order valence-electron chi connectivity index (χ1n) is 11.8. The molecule has 0 unspecified atom stereocenters. The summed E-state index contributed by atoms with van der Waals surface area (Å²) in [5, 5.41) is 8.37. The summed E-state index contributed by atoms with van der Waals surface area (Å²) in [4.78, 5) is 24.7. The third kappa shape index (κ3) is 7.27. The fourth-order valence-corrected chi connectivity index (χ4v) is 3.35. The molecule has 0 spiro atoms. The Bertz CT molecular complexity index is 1270. The van der Waals surface area contributed by atoms with E-state index in [0.717, 1.165) is 22.6 Å². The first-order chi connectivity index (χ1) is 18.5. The average molecular weight is 511 g/mol. The van der Waals surface area contributed by atoms with Gasteiger partial charge in [0.25, 0.3) is 0 Å². The molecule has 4 aromatic carbocycles. The largest absolute Gasteiger partial charge is 0.497 e. The van der Waals surface area contributed by atoms with Gasteiger partial charge in [0.05, 0.1) is 36.7 Å². The van der Waals surface area contributed by atoms with Crippen LogP contribution in [0.15, 0.2) is 107 Å². The molecule has 0 aliphatic heterocycles. The highest BCUT2D eigenvalue weighted by molar-refractivity contribution is 5.90. The minimum atomic E-state index is -0.432. The van der Waals surface area contributed by atoms with Gasteiger partial charge in [0.1, 0.15) is 24.7 Å². The molecular formula is C30H26N2O6. The Kier molecular flexibility index (Phi) is 8.80. The molecule has 0 aliphatic rings. The molecule has 8 nitrogen and oxygen atoms in total. The van der Waals surface area contributed by atoms with Crippen molar-refractivity contribution < 1.29 is 28.5 Å². The maximum Gasteiger partial charge on any atom is 0.338 e. The Morgan fingerprint density at radius 3 is 1.18 bits per heavy atom. The summed E-state index contributed by atoms with van der Waals surface area (Å²) in [7, 11) is 3.19. The number of carbonyl (C=O) groups excluding carboxylic acids is 2. The number of benzene rings is 4. The summed E-state index contributed by atoms with van der Waals surface area (Å²) in [6.07, 6.45) is 0. The zero-order valence-corrected chi connectivity index (χ0v) is 21.0. The van der Waals surface area contributed by atoms with Crippen LogP contribution >= 0.6 is 0 Å². The van der Waals surface area contributed by atoms with Crippen molar-refractivity contribution in [3.05, 3.63) is 119 Å². The summed E-state index contributed by atoms with van der Waals surface area (Å²) in [5.41, 5.74) is 3.69. The molecule has 0 amide bonds. The van der Waals surface area contributed by atoms with E-state index in [1.165, 1.54) is 0 Å². The monoisotopic (exact) mass is 510 g/mol. The van der Waals surface area contributed by atoms with Crippen molar-refractivity contribution in [2.24, 2.45) is 10.2 Å². The maximum absolute atomic E-state index is 12.3. The summed E-state index contributed by atoms with van der Waals surface area (Å²) in [6.45, 7) is 0.324. The number of azo groups is 1. The van der Waals surface area contributed by atoms with Gasteiger partial charge in [0.2, 0.25) is 0 Å². The van der Waals surface area contributed by atoms with Crippen molar-refractivity contribution in [1.82, 2.24) is 0 Å². The first-order valence-corrected chi connectivity index (χ1v) is 11.8. The lowest BCUT2D eigenvalue weighted by Gasteiger charge is -2.06. The fraction of sp³-hybridized carbons (Fsp3) is 0.133. The first kappa shape index (κ1) is 26.1. The van der Waals surface area contributed by atoms with Crippen molar-refractivity contribution >= 4 is 23.3 Å². The molecule has 0 fully saturated rings. The van der Waals surface area contributed by atoms with E-state index in [9.17, 15) is 9.59 Å². The average Bonchev–Trinajstić information content (AvgIpc) is 2.98. The van der Waals surface area contributed by atoms with Crippen molar-refractivity contribution in [2.75, 3.05) is 14.2 Å². The normalized spacial score (nSPS) is 10.7. The molecular weight excluding hydrogens is 484 g/mol. The van der Waals surface area contributed by atoms with Gasteiger partial charge in [-0.1, -0.05) is 24.3 Å². The van der Waals surface area contributed by atoms with E-state index in [1.807, 2.05) is 48.5 Å². The van der Waals surface area contributed by atoms with Crippen LogP contribution in [-0.4, -0.2) is 26.2 Å². The van der Waals surface area contributed by atoms with Crippen LogP contribution in [0.1, 0.15) is 31.8 Å². The molecule has 0 bridgehead atoms. The lowest BCUT2D eigenvalue weighted by molar-refractivity contribution is 0.0464. The molecule has 4 rings (SSSR count). The van der Waals surface area contributed by atoms with Crippen molar-refractivity contribution in [1.29, 1.82) is 0 Å². The lowest BCUT2D eigenvalue weighted by Crippen LogP contribution is -2.04. The predicted octanol–water partition coefficient (Wildman–Crippen LogP) is 6.83. The van der Waals surface area contributed by atoms with Crippen LogP contribution in [0, 0.1) is 0 Å². The Morgan fingerprint density at radius 1 is 0.526 bits per heavy atom. The zero-order chi connectivity index (χ0) is 26.7. The minimum absolute atomic E-state index is 0.162. The van der Waals surface area contributed by atoms with Gasteiger partial charge in [-0.3, -0.25) is 0 Å². The molecule has 0 saturated heterocycles. The summed E-state index contributed by atoms with van der Waals surface area (Å²) < 4.78 is 21.0. The molecule has 8 heteroatoms. The fourth-order valence-electron chi connectivity index (χ4n) is 3.35. The van der Waals surface area contributed by atoms with E-state index in [0.29, 0.717) is 22.5 Å². The van der Waals surface area contributed by atoms with Crippen LogP contribution in [0.3, 0.4) is 0 Å². The summed E-state index contributed by atoms with van der Waals surface area (Å²) >= 11 is 0. The minimum Gasteiger partial charge on any atom is -0.497 e. The smallest absolute Gasteiger partial charge is 0.338 e. The summed E-state index contributed by atoms with van der Waals surface area (Å²) in [6, 6.07) is 27.9. The standard InChI is InChI=1S/C30H26N2O6/c1-35-27-15-3-21(4-16-27)19-37-29(33)23-7-11-25(12-8-23)31-32-26-13-9-24(10-14-26)30(34)38-20-22-5-17-28(36-2)18-6-22/h3-18H,19-20H2,1-2H3. The zero-order valence-electron chi connectivity index (χ0n) is 21.0. The van der Waals surface area contributed by atoms with Gasteiger partial charge in [-0.15, -0.1) is 0 Å². The van der Waals surface area contributed by atoms with Gasteiger partial charge in [-0.2, -0.15) is 10.2 Å². The van der Waals surface area contributed by atoms with Crippen molar-refractivity contribution in [3.8, 4) is 11.5 Å². The molecule has 38 heavy (non-hydrogen) atoms. The lowest BCUT2D eigenvalue weighted by atomic mass is 10.2. The number of esters is 2. The highest BCUT2D eigenvalue weighted by atomic mass is 16.5. The Morgan fingerprint density at radius 2 is 0.868 bits per heavy atom.